The normalized spacial score (nSPS) is 11.8. The number of carbonyl (C=O) groups is 1. The number of methoxy groups -OCH3 is 1. The molecule has 0 heterocycles. The van der Waals surface area contributed by atoms with Crippen molar-refractivity contribution in [1.82, 2.24) is 4.72 Å². The number of sulfonamides is 2. The number of hydrogen-bond donors (Lipinski definition) is 2. The molecule has 2 rings (SSSR count). The Bertz CT molecular complexity index is 1260. The highest BCUT2D eigenvalue weighted by atomic mass is 32.2. The molecule has 0 saturated carbocycles. The first-order chi connectivity index (χ1) is 15.2. The molecule has 1 amide bonds. The standard InChI is InChI=1S/C19H24N4O8S2/c1-13(2)21-33(29,30)16-8-9-18(31-3)17(11-16)20-19(24)12-22(32(4,27)28)14-6-5-7-15(10-14)23(25)26/h5-11,13,21H,12H2,1-4H3,(H,20,24). The van der Waals surface area contributed by atoms with E-state index < -0.39 is 37.4 Å². The molecule has 180 valence electrons. The summed E-state index contributed by atoms with van der Waals surface area (Å²) in [6.45, 7) is 2.58. The second kappa shape index (κ2) is 10.1. The lowest BCUT2D eigenvalue weighted by molar-refractivity contribution is -0.384. The van der Waals surface area contributed by atoms with E-state index in [2.05, 4.69) is 10.0 Å². The number of amides is 1. The molecule has 14 heteroatoms. The highest BCUT2D eigenvalue weighted by Crippen LogP contribution is 2.28. The van der Waals surface area contributed by atoms with Crippen LogP contribution in [-0.4, -0.2) is 53.6 Å². The van der Waals surface area contributed by atoms with Crippen LogP contribution in [0.4, 0.5) is 17.1 Å². The van der Waals surface area contributed by atoms with Gasteiger partial charge < -0.3 is 10.1 Å². The van der Waals surface area contributed by atoms with E-state index >= 15 is 0 Å². The lowest BCUT2D eigenvalue weighted by atomic mass is 10.2. The summed E-state index contributed by atoms with van der Waals surface area (Å²) < 4.78 is 57.7. The predicted molar refractivity (Wildman–Crippen MR) is 122 cm³/mol. The third-order valence-corrected chi connectivity index (χ3v) is 6.96. The zero-order valence-electron chi connectivity index (χ0n) is 18.3. The first-order valence-corrected chi connectivity index (χ1v) is 12.8. The maximum atomic E-state index is 12.7. The average Bonchev–Trinajstić information content (AvgIpc) is 2.70. The molecule has 33 heavy (non-hydrogen) atoms. The first-order valence-electron chi connectivity index (χ1n) is 9.47. The van der Waals surface area contributed by atoms with Crippen molar-refractivity contribution in [1.29, 1.82) is 0 Å². The fourth-order valence-corrected chi connectivity index (χ4v) is 4.94. The maximum absolute atomic E-state index is 12.7. The molecule has 2 N–H and O–H groups in total. The van der Waals surface area contributed by atoms with Gasteiger partial charge in [0.25, 0.3) is 5.69 Å². The maximum Gasteiger partial charge on any atom is 0.271 e. The molecule has 0 saturated heterocycles. The molecule has 2 aromatic carbocycles. The van der Waals surface area contributed by atoms with Gasteiger partial charge in [-0.15, -0.1) is 0 Å². The molecule has 0 radical (unpaired) electrons. The Morgan fingerprint density at radius 3 is 2.36 bits per heavy atom. The van der Waals surface area contributed by atoms with Gasteiger partial charge in [0.2, 0.25) is 26.0 Å². The minimum atomic E-state index is -4.00. The predicted octanol–water partition coefficient (Wildman–Crippen LogP) is 1.69. The SMILES string of the molecule is COc1ccc(S(=O)(=O)NC(C)C)cc1NC(=O)CN(c1cccc([N+](=O)[O-])c1)S(C)(=O)=O. The summed E-state index contributed by atoms with van der Waals surface area (Å²) in [7, 11) is -6.55. The Morgan fingerprint density at radius 1 is 1.15 bits per heavy atom. The fourth-order valence-electron chi connectivity index (χ4n) is 2.81. The van der Waals surface area contributed by atoms with Gasteiger partial charge in [-0.1, -0.05) is 6.07 Å². The van der Waals surface area contributed by atoms with E-state index in [1.165, 1.54) is 43.5 Å². The number of anilines is 2. The number of hydrogen-bond acceptors (Lipinski definition) is 8. The van der Waals surface area contributed by atoms with Crippen LogP contribution in [0.2, 0.25) is 0 Å². The summed E-state index contributed by atoms with van der Waals surface area (Å²) in [5.41, 5.74) is -0.424. The molecule has 0 bridgehead atoms. The van der Waals surface area contributed by atoms with Gasteiger partial charge in [-0.25, -0.2) is 21.6 Å². The van der Waals surface area contributed by atoms with Crippen LogP contribution in [0.3, 0.4) is 0 Å². The summed E-state index contributed by atoms with van der Waals surface area (Å²) >= 11 is 0. The topological polar surface area (TPSA) is 165 Å². The van der Waals surface area contributed by atoms with E-state index in [4.69, 9.17) is 4.74 Å². The third kappa shape index (κ3) is 6.87. The van der Waals surface area contributed by atoms with Crippen LogP contribution in [-0.2, 0) is 24.8 Å². The highest BCUT2D eigenvalue weighted by Gasteiger charge is 2.24. The quantitative estimate of drug-likeness (QED) is 0.367. The number of nitrogens with zero attached hydrogens (tertiary/aromatic N) is 2. The largest absolute Gasteiger partial charge is 0.495 e. The summed E-state index contributed by atoms with van der Waals surface area (Å²) in [6, 6.07) is 8.28. The van der Waals surface area contributed by atoms with Crippen LogP contribution in [0.25, 0.3) is 0 Å². The molecular weight excluding hydrogens is 476 g/mol. The lowest BCUT2D eigenvalue weighted by Gasteiger charge is -2.22. The number of ether oxygens (including phenoxy) is 1. The van der Waals surface area contributed by atoms with Crippen molar-refractivity contribution in [2.24, 2.45) is 0 Å². The van der Waals surface area contributed by atoms with E-state index in [-0.39, 0.29) is 33.7 Å². The van der Waals surface area contributed by atoms with E-state index in [0.29, 0.717) is 4.31 Å². The average molecular weight is 501 g/mol. The third-order valence-electron chi connectivity index (χ3n) is 4.16. The van der Waals surface area contributed by atoms with Crippen molar-refractivity contribution in [3.63, 3.8) is 0 Å². The molecule has 0 aliphatic heterocycles. The monoisotopic (exact) mass is 500 g/mol. The number of nitro groups is 1. The van der Waals surface area contributed by atoms with Gasteiger partial charge in [-0.3, -0.25) is 19.2 Å². The van der Waals surface area contributed by atoms with Crippen LogP contribution in [0.5, 0.6) is 5.75 Å². The van der Waals surface area contributed by atoms with E-state index in [9.17, 15) is 31.7 Å². The zero-order valence-corrected chi connectivity index (χ0v) is 19.9. The van der Waals surface area contributed by atoms with Crippen LogP contribution in [0.1, 0.15) is 13.8 Å². The number of nitro benzene ring substituents is 1. The van der Waals surface area contributed by atoms with Crippen molar-refractivity contribution in [3.05, 3.63) is 52.6 Å². The van der Waals surface area contributed by atoms with Crippen LogP contribution >= 0.6 is 0 Å². The van der Waals surface area contributed by atoms with Gasteiger partial charge in [-0.05, 0) is 38.1 Å². The molecule has 0 atom stereocenters. The Hall–Kier alpha value is -3.23. The van der Waals surface area contributed by atoms with Crippen molar-refractivity contribution in [3.8, 4) is 5.75 Å². The molecular formula is C19H24N4O8S2. The highest BCUT2D eigenvalue weighted by molar-refractivity contribution is 7.92. The van der Waals surface area contributed by atoms with Crippen molar-refractivity contribution >= 4 is 43.0 Å². The van der Waals surface area contributed by atoms with Gasteiger partial charge in [-0.2, -0.15) is 0 Å². The fraction of sp³-hybridized carbons (Fsp3) is 0.316. The number of benzene rings is 2. The number of carbonyl (C=O) groups excluding carboxylic acids is 1. The van der Waals surface area contributed by atoms with E-state index in [1.54, 1.807) is 13.8 Å². The molecule has 2 aromatic rings. The van der Waals surface area contributed by atoms with Gasteiger partial charge in [0.1, 0.15) is 12.3 Å². The van der Waals surface area contributed by atoms with Crippen LogP contribution < -0.4 is 19.1 Å². The second-order valence-electron chi connectivity index (χ2n) is 7.23. The summed E-state index contributed by atoms with van der Waals surface area (Å²) in [5, 5.41) is 13.5. The number of nitrogens with one attached hydrogen (secondary N) is 2. The van der Waals surface area contributed by atoms with Crippen molar-refractivity contribution in [2.75, 3.05) is 29.5 Å². The van der Waals surface area contributed by atoms with Crippen LogP contribution in [0.15, 0.2) is 47.4 Å². The molecule has 0 fully saturated rings. The summed E-state index contributed by atoms with van der Waals surface area (Å²) in [5.74, 6) is -0.676. The Labute approximate surface area is 191 Å². The number of rotatable bonds is 10. The molecule has 0 aliphatic rings. The first kappa shape index (κ1) is 26.0. The van der Waals surface area contributed by atoms with E-state index in [0.717, 1.165) is 12.3 Å². The molecule has 12 nitrogen and oxygen atoms in total. The number of non-ortho nitro benzene ring substituents is 1. The molecule has 0 aromatic heterocycles. The zero-order chi connectivity index (χ0) is 25.0. The molecule has 0 spiro atoms. The minimum Gasteiger partial charge on any atom is -0.495 e. The van der Waals surface area contributed by atoms with Crippen molar-refractivity contribution < 1.29 is 31.3 Å². The second-order valence-corrected chi connectivity index (χ2v) is 10.9. The van der Waals surface area contributed by atoms with E-state index in [1.807, 2.05) is 0 Å². The molecule has 0 aliphatic carbocycles. The lowest BCUT2D eigenvalue weighted by Crippen LogP contribution is -2.37. The van der Waals surface area contributed by atoms with Gasteiger partial charge in [0.15, 0.2) is 0 Å². The van der Waals surface area contributed by atoms with Gasteiger partial charge in [0, 0.05) is 18.2 Å². The van der Waals surface area contributed by atoms with Gasteiger partial charge in [0.05, 0.1) is 34.6 Å². The van der Waals surface area contributed by atoms with Crippen molar-refractivity contribution in [2.45, 2.75) is 24.8 Å². The van der Waals surface area contributed by atoms with Crippen LogP contribution in [0, 0.1) is 10.1 Å². The Kier molecular flexibility index (Phi) is 8.00. The Balaban J connectivity index is 2.37. The summed E-state index contributed by atoms with van der Waals surface area (Å²) in [6.07, 6.45) is 0.852. The smallest absolute Gasteiger partial charge is 0.271 e. The Morgan fingerprint density at radius 2 is 1.82 bits per heavy atom. The minimum absolute atomic E-state index is 0.00150. The summed E-state index contributed by atoms with van der Waals surface area (Å²) in [4.78, 5) is 22.9. The molecule has 0 unspecified atom stereocenters. The van der Waals surface area contributed by atoms with Gasteiger partial charge >= 0.3 is 0 Å².